The van der Waals surface area contributed by atoms with Crippen LogP contribution in [-0.2, 0) is 4.79 Å². The Hall–Kier alpha value is -2.97. The summed E-state index contributed by atoms with van der Waals surface area (Å²) in [4.78, 5) is 30.2. The predicted octanol–water partition coefficient (Wildman–Crippen LogP) is 1.44. The van der Waals surface area contributed by atoms with Crippen LogP contribution >= 0.6 is 0 Å². The largest absolute Gasteiger partial charge is 0.490 e. The highest BCUT2D eigenvalue weighted by Gasteiger charge is 2.52. The van der Waals surface area contributed by atoms with Gasteiger partial charge in [-0.25, -0.2) is 4.79 Å². The highest BCUT2D eigenvalue weighted by Crippen LogP contribution is 2.35. The average molecular weight is 387 g/mol. The van der Waals surface area contributed by atoms with Crippen molar-refractivity contribution in [3.8, 4) is 11.5 Å². The quantitative estimate of drug-likeness (QED) is 0.409. The van der Waals surface area contributed by atoms with Crippen LogP contribution in [0, 0.1) is 0 Å². The van der Waals surface area contributed by atoms with Crippen molar-refractivity contribution in [2.24, 2.45) is 10.7 Å². The molecule has 3 amide bonds. The Labute approximate surface area is 163 Å². The van der Waals surface area contributed by atoms with Crippen LogP contribution in [-0.4, -0.2) is 54.6 Å². The molecule has 1 aromatic carbocycles. The van der Waals surface area contributed by atoms with Gasteiger partial charge in [0.15, 0.2) is 17.5 Å². The number of fused-ring (bicyclic) bond motifs is 1. The van der Waals surface area contributed by atoms with E-state index in [1.807, 2.05) is 18.2 Å². The van der Waals surface area contributed by atoms with Crippen LogP contribution < -0.4 is 25.8 Å². The van der Waals surface area contributed by atoms with Gasteiger partial charge in [0.05, 0.1) is 26.3 Å². The number of aliphatic imine (C=N–C) groups is 1. The van der Waals surface area contributed by atoms with E-state index in [2.05, 4.69) is 15.6 Å². The number of hydrogen-bond acceptors (Lipinski definition) is 5. The lowest BCUT2D eigenvalue weighted by Crippen LogP contribution is -2.44. The molecule has 1 aliphatic carbocycles. The molecule has 1 saturated carbocycles. The van der Waals surface area contributed by atoms with E-state index in [1.54, 1.807) is 0 Å². The maximum atomic E-state index is 12.6. The Kier molecular flexibility index (Phi) is 4.97. The molecule has 0 atom stereocenters. The summed E-state index contributed by atoms with van der Waals surface area (Å²) in [6.45, 7) is 1.68. The van der Waals surface area contributed by atoms with Gasteiger partial charge in [0.1, 0.15) is 5.54 Å². The Bertz CT molecular complexity index is 804. The second kappa shape index (κ2) is 7.57. The van der Waals surface area contributed by atoms with E-state index >= 15 is 0 Å². The van der Waals surface area contributed by atoms with E-state index in [0.29, 0.717) is 37.6 Å². The summed E-state index contributed by atoms with van der Waals surface area (Å²) in [5.41, 5.74) is 5.99. The molecule has 28 heavy (non-hydrogen) atoms. The molecule has 1 spiro atoms. The molecule has 0 radical (unpaired) electrons. The molecule has 4 N–H and O–H groups in total. The number of urea groups is 1. The predicted molar refractivity (Wildman–Crippen MR) is 104 cm³/mol. The standard InChI is InChI=1S/C19H25N5O4/c20-17(22-13-4-5-14-15(12-13)28-11-3-10-27-14)21-8-9-24-16(25)19(23-18(24)26)6-1-2-7-19/h4-5,12H,1-3,6-11H2,(H,23,26)(H3,20,21,22). The smallest absolute Gasteiger partial charge is 0.325 e. The summed E-state index contributed by atoms with van der Waals surface area (Å²) >= 11 is 0. The molecule has 9 nitrogen and oxygen atoms in total. The monoisotopic (exact) mass is 387 g/mol. The van der Waals surface area contributed by atoms with Gasteiger partial charge in [-0.3, -0.25) is 14.7 Å². The Morgan fingerprint density at radius 2 is 1.93 bits per heavy atom. The number of carbonyl (C=O) groups excluding carboxylic acids is 2. The fraction of sp³-hybridized carbons (Fsp3) is 0.526. The van der Waals surface area contributed by atoms with Gasteiger partial charge >= 0.3 is 6.03 Å². The summed E-state index contributed by atoms with van der Waals surface area (Å²) in [5, 5.41) is 5.85. The van der Waals surface area contributed by atoms with Crippen LogP contribution in [0.5, 0.6) is 11.5 Å². The number of hydrogen-bond donors (Lipinski definition) is 3. The van der Waals surface area contributed by atoms with Crippen LogP contribution in [0.1, 0.15) is 32.1 Å². The molecule has 0 unspecified atom stereocenters. The zero-order chi connectivity index (χ0) is 19.6. The maximum Gasteiger partial charge on any atom is 0.325 e. The highest BCUT2D eigenvalue weighted by atomic mass is 16.5. The van der Waals surface area contributed by atoms with Crippen LogP contribution in [0.15, 0.2) is 23.2 Å². The fourth-order valence-electron chi connectivity index (χ4n) is 3.90. The number of ether oxygens (including phenoxy) is 2. The van der Waals surface area contributed by atoms with Crippen molar-refractivity contribution in [2.45, 2.75) is 37.6 Å². The summed E-state index contributed by atoms with van der Waals surface area (Å²) in [6, 6.07) is 5.13. The van der Waals surface area contributed by atoms with Gasteiger partial charge in [0.2, 0.25) is 0 Å². The number of rotatable bonds is 4. The summed E-state index contributed by atoms with van der Waals surface area (Å²) in [7, 11) is 0. The Morgan fingerprint density at radius 3 is 2.71 bits per heavy atom. The third-order valence-corrected chi connectivity index (χ3v) is 5.33. The number of amides is 3. The minimum atomic E-state index is -0.686. The van der Waals surface area contributed by atoms with Gasteiger partial charge in [-0.1, -0.05) is 12.8 Å². The highest BCUT2D eigenvalue weighted by molar-refractivity contribution is 6.07. The van der Waals surface area contributed by atoms with Crippen LogP contribution in [0.2, 0.25) is 0 Å². The molecule has 4 rings (SSSR count). The number of benzene rings is 1. The van der Waals surface area contributed by atoms with Crippen molar-refractivity contribution in [3.05, 3.63) is 18.2 Å². The molecule has 1 aromatic rings. The summed E-state index contributed by atoms with van der Waals surface area (Å²) < 4.78 is 11.3. The van der Waals surface area contributed by atoms with E-state index < -0.39 is 5.54 Å². The third kappa shape index (κ3) is 3.56. The molecule has 9 heteroatoms. The molecule has 150 valence electrons. The average Bonchev–Trinajstić information content (AvgIpc) is 3.13. The van der Waals surface area contributed by atoms with Crippen molar-refractivity contribution in [1.82, 2.24) is 10.2 Å². The Morgan fingerprint density at radius 1 is 1.18 bits per heavy atom. The first-order valence-electron chi connectivity index (χ1n) is 9.68. The van der Waals surface area contributed by atoms with Gasteiger partial charge < -0.3 is 25.8 Å². The number of nitrogens with one attached hydrogen (secondary N) is 2. The fourth-order valence-corrected chi connectivity index (χ4v) is 3.90. The molecule has 1 saturated heterocycles. The second-order valence-corrected chi connectivity index (χ2v) is 7.28. The summed E-state index contributed by atoms with van der Waals surface area (Å²) in [5.74, 6) is 1.44. The number of imide groups is 1. The third-order valence-electron chi connectivity index (χ3n) is 5.33. The van der Waals surface area contributed by atoms with Gasteiger partial charge in [0, 0.05) is 18.2 Å². The topological polar surface area (TPSA) is 118 Å². The molecule has 2 aliphatic heterocycles. The lowest BCUT2D eigenvalue weighted by molar-refractivity contribution is -0.131. The van der Waals surface area contributed by atoms with E-state index in [4.69, 9.17) is 15.2 Å². The number of anilines is 1. The molecule has 2 heterocycles. The zero-order valence-electron chi connectivity index (χ0n) is 15.7. The maximum absolute atomic E-state index is 12.6. The van der Waals surface area contributed by atoms with E-state index in [0.717, 1.165) is 24.9 Å². The van der Waals surface area contributed by atoms with Crippen LogP contribution in [0.3, 0.4) is 0 Å². The normalized spacial score (nSPS) is 21.0. The minimum absolute atomic E-state index is 0.139. The van der Waals surface area contributed by atoms with Crippen molar-refractivity contribution in [1.29, 1.82) is 0 Å². The van der Waals surface area contributed by atoms with Crippen molar-refractivity contribution < 1.29 is 19.1 Å². The van der Waals surface area contributed by atoms with Crippen LogP contribution in [0.25, 0.3) is 0 Å². The molecule has 0 bridgehead atoms. The van der Waals surface area contributed by atoms with Gasteiger partial charge in [0.25, 0.3) is 5.91 Å². The SMILES string of the molecule is NC(=NCCN1C(=O)NC2(CCCC2)C1=O)Nc1ccc2c(c1)OCCCO2. The van der Waals surface area contributed by atoms with Gasteiger partial charge in [-0.15, -0.1) is 0 Å². The van der Waals surface area contributed by atoms with Crippen molar-refractivity contribution >= 4 is 23.6 Å². The van der Waals surface area contributed by atoms with Gasteiger partial charge in [-0.2, -0.15) is 0 Å². The first kappa shape index (κ1) is 18.4. The number of guanidine groups is 1. The van der Waals surface area contributed by atoms with Crippen molar-refractivity contribution in [3.63, 3.8) is 0 Å². The van der Waals surface area contributed by atoms with E-state index in [1.165, 1.54) is 4.90 Å². The lowest BCUT2D eigenvalue weighted by Gasteiger charge is -2.19. The molecular weight excluding hydrogens is 362 g/mol. The second-order valence-electron chi connectivity index (χ2n) is 7.28. The van der Waals surface area contributed by atoms with E-state index in [-0.39, 0.29) is 31.0 Å². The number of nitrogens with zero attached hydrogens (tertiary/aromatic N) is 2. The lowest BCUT2D eigenvalue weighted by atomic mass is 9.98. The first-order valence-corrected chi connectivity index (χ1v) is 9.68. The first-order chi connectivity index (χ1) is 13.6. The Balaban J connectivity index is 1.33. The molecule has 0 aromatic heterocycles. The molecular formula is C19H25N5O4. The van der Waals surface area contributed by atoms with Crippen molar-refractivity contribution in [2.75, 3.05) is 31.6 Å². The zero-order valence-corrected chi connectivity index (χ0v) is 15.7. The van der Waals surface area contributed by atoms with E-state index in [9.17, 15) is 9.59 Å². The number of nitrogens with two attached hydrogens (primary N) is 1. The minimum Gasteiger partial charge on any atom is -0.490 e. The molecule has 3 aliphatic rings. The van der Waals surface area contributed by atoms with Gasteiger partial charge in [-0.05, 0) is 25.0 Å². The molecule has 2 fully saturated rings. The number of carbonyl (C=O) groups is 2. The van der Waals surface area contributed by atoms with Crippen LogP contribution in [0.4, 0.5) is 10.5 Å². The summed E-state index contributed by atoms with van der Waals surface area (Å²) in [6.07, 6.45) is 4.19.